The third-order valence-electron chi connectivity index (χ3n) is 3.08. The van der Waals surface area contributed by atoms with Crippen molar-refractivity contribution in [3.63, 3.8) is 0 Å². The molecule has 2 nitrogen and oxygen atoms in total. The van der Waals surface area contributed by atoms with Gasteiger partial charge >= 0.3 is 0 Å². The van der Waals surface area contributed by atoms with Gasteiger partial charge in [-0.2, -0.15) is 0 Å². The van der Waals surface area contributed by atoms with Crippen molar-refractivity contribution in [3.8, 4) is 5.75 Å². The minimum Gasteiger partial charge on any atom is -0.496 e. The smallest absolute Gasteiger partial charge is 0.122 e. The van der Waals surface area contributed by atoms with Crippen LogP contribution in [0.1, 0.15) is 31.4 Å². The summed E-state index contributed by atoms with van der Waals surface area (Å²) in [6, 6.07) is 6.19. The zero-order valence-corrected chi connectivity index (χ0v) is 10.2. The van der Waals surface area contributed by atoms with Gasteiger partial charge < -0.3 is 10.5 Å². The molecule has 0 unspecified atom stereocenters. The zero-order valence-electron chi connectivity index (χ0n) is 10.2. The number of hydrogen-bond donors (Lipinski definition) is 1. The molecule has 0 spiro atoms. The Morgan fingerprint density at radius 2 is 2.06 bits per heavy atom. The lowest BCUT2D eigenvalue weighted by molar-refractivity contribution is 0.409. The second-order valence-electron chi connectivity index (χ2n) is 4.86. The summed E-state index contributed by atoms with van der Waals surface area (Å²) >= 11 is 0. The highest BCUT2D eigenvalue weighted by molar-refractivity contribution is 5.77. The van der Waals surface area contributed by atoms with Gasteiger partial charge in [0.15, 0.2) is 0 Å². The molecule has 1 aliphatic carbocycles. The minimum atomic E-state index is -0.290. The molecule has 0 amide bonds. The molecule has 2 rings (SSSR count). The summed E-state index contributed by atoms with van der Waals surface area (Å²) in [6.45, 7) is 4.10. The average molecular weight is 217 g/mol. The van der Waals surface area contributed by atoms with Crippen LogP contribution in [0.2, 0.25) is 0 Å². The highest BCUT2D eigenvalue weighted by atomic mass is 16.5. The molecule has 0 saturated heterocycles. The Kier molecular flexibility index (Phi) is 2.76. The van der Waals surface area contributed by atoms with Gasteiger partial charge in [0.05, 0.1) is 7.11 Å². The van der Waals surface area contributed by atoms with E-state index in [0.29, 0.717) is 0 Å². The third kappa shape index (κ3) is 1.85. The van der Waals surface area contributed by atoms with E-state index in [1.807, 2.05) is 26.0 Å². The van der Waals surface area contributed by atoms with Crippen molar-refractivity contribution in [2.75, 3.05) is 7.11 Å². The fourth-order valence-electron chi connectivity index (χ4n) is 2.35. The molecule has 2 heteroatoms. The molecule has 0 fully saturated rings. The number of fused-ring (bicyclic) bond motifs is 1. The second kappa shape index (κ2) is 3.95. The minimum absolute atomic E-state index is 0.290. The Morgan fingerprint density at radius 1 is 1.31 bits per heavy atom. The lowest BCUT2D eigenvalue weighted by Crippen LogP contribution is -2.34. The number of hydrogen-bond acceptors (Lipinski definition) is 2. The summed E-state index contributed by atoms with van der Waals surface area (Å²) in [6.07, 6.45) is 4.34. The molecular formula is C14H19NO. The second-order valence-corrected chi connectivity index (χ2v) is 4.86. The average Bonchev–Trinajstić information content (AvgIpc) is 2.26. The first kappa shape index (κ1) is 11.2. The standard InChI is InChI=1S/C14H19NO/c1-14(2,15)12-8-4-7-11-10(12)6-5-9-13(11)16-3/h5-6,8-9H,4,7,15H2,1-3H3. The van der Waals surface area contributed by atoms with Crippen LogP contribution in [0.5, 0.6) is 5.75 Å². The van der Waals surface area contributed by atoms with E-state index in [1.54, 1.807) is 7.11 Å². The van der Waals surface area contributed by atoms with E-state index in [-0.39, 0.29) is 5.54 Å². The van der Waals surface area contributed by atoms with Gasteiger partial charge in [-0.15, -0.1) is 0 Å². The molecule has 1 aromatic rings. The molecule has 0 radical (unpaired) electrons. The molecule has 16 heavy (non-hydrogen) atoms. The zero-order chi connectivity index (χ0) is 11.8. The SMILES string of the molecule is COc1cccc2c1CCC=C2C(C)(C)N. The molecule has 0 atom stereocenters. The molecule has 1 aromatic carbocycles. The van der Waals surface area contributed by atoms with Gasteiger partial charge in [0.25, 0.3) is 0 Å². The number of ether oxygens (including phenoxy) is 1. The van der Waals surface area contributed by atoms with Crippen LogP contribution in [0.4, 0.5) is 0 Å². The highest BCUT2D eigenvalue weighted by Crippen LogP contribution is 2.36. The molecule has 0 saturated carbocycles. The first-order valence-corrected chi connectivity index (χ1v) is 5.70. The Bertz CT molecular complexity index is 427. The third-order valence-corrected chi connectivity index (χ3v) is 3.08. The first-order chi connectivity index (χ1) is 7.54. The van der Waals surface area contributed by atoms with Crippen molar-refractivity contribution in [2.45, 2.75) is 32.2 Å². The number of methoxy groups -OCH3 is 1. The molecular weight excluding hydrogens is 198 g/mol. The Morgan fingerprint density at radius 3 is 2.69 bits per heavy atom. The monoisotopic (exact) mass is 217 g/mol. The van der Waals surface area contributed by atoms with Gasteiger partial charge in [0, 0.05) is 11.1 Å². The maximum absolute atomic E-state index is 6.21. The predicted molar refractivity (Wildman–Crippen MR) is 67.6 cm³/mol. The van der Waals surface area contributed by atoms with E-state index in [4.69, 9.17) is 10.5 Å². The summed E-state index contributed by atoms with van der Waals surface area (Å²) in [5.74, 6) is 0.979. The number of benzene rings is 1. The molecule has 0 heterocycles. The Labute approximate surface area is 97.1 Å². The Hall–Kier alpha value is -1.28. The number of nitrogens with two attached hydrogens (primary N) is 1. The molecule has 2 N–H and O–H groups in total. The maximum atomic E-state index is 6.21. The van der Waals surface area contributed by atoms with E-state index in [2.05, 4.69) is 12.1 Å². The van der Waals surface area contributed by atoms with Crippen molar-refractivity contribution in [3.05, 3.63) is 35.4 Å². The fourth-order valence-corrected chi connectivity index (χ4v) is 2.35. The quantitative estimate of drug-likeness (QED) is 0.826. The van der Waals surface area contributed by atoms with Crippen molar-refractivity contribution in [1.82, 2.24) is 0 Å². The molecule has 1 aliphatic rings. The summed E-state index contributed by atoms with van der Waals surface area (Å²) in [5.41, 5.74) is 9.69. The van der Waals surface area contributed by atoms with Crippen LogP contribution < -0.4 is 10.5 Å². The highest BCUT2D eigenvalue weighted by Gasteiger charge is 2.25. The topological polar surface area (TPSA) is 35.2 Å². The summed E-state index contributed by atoms with van der Waals surface area (Å²) in [7, 11) is 1.72. The molecule has 0 aromatic heterocycles. The Balaban J connectivity index is 2.55. The van der Waals surface area contributed by atoms with Crippen LogP contribution in [0.25, 0.3) is 5.57 Å². The van der Waals surface area contributed by atoms with Crippen molar-refractivity contribution >= 4 is 5.57 Å². The predicted octanol–water partition coefficient (Wildman–Crippen LogP) is 2.76. The van der Waals surface area contributed by atoms with E-state index >= 15 is 0 Å². The van der Waals surface area contributed by atoms with Gasteiger partial charge in [-0.3, -0.25) is 0 Å². The normalized spacial score (nSPS) is 15.4. The lowest BCUT2D eigenvalue weighted by atomic mass is 9.81. The van der Waals surface area contributed by atoms with Gasteiger partial charge in [-0.05, 0) is 43.9 Å². The van der Waals surface area contributed by atoms with Crippen molar-refractivity contribution in [2.24, 2.45) is 5.73 Å². The van der Waals surface area contributed by atoms with E-state index < -0.39 is 0 Å². The van der Waals surface area contributed by atoms with Crippen LogP contribution in [0.15, 0.2) is 24.3 Å². The van der Waals surface area contributed by atoms with Gasteiger partial charge in [0.2, 0.25) is 0 Å². The number of allylic oxidation sites excluding steroid dienone is 1. The first-order valence-electron chi connectivity index (χ1n) is 5.70. The molecule has 0 aliphatic heterocycles. The number of rotatable bonds is 2. The lowest BCUT2D eigenvalue weighted by Gasteiger charge is -2.29. The maximum Gasteiger partial charge on any atom is 0.122 e. The van der Waals surface area contributed by atoms with Crippen LogP contribution in [-0.2, 0) is 6.42 Å². The van der Waals surface area contributed by atoms with Gasteiger partial charge in [-0.25, -0.2) is 0 Å². The summed E-state index contributed by atoms with van der Waals surface area (Å²) in [5, 5.41) is 0. The summed E-state index contributed by atoms with van der Waals surface area (Å²) < 4.78 is 5.41. The van der Waals surface area contributed by atoms with Gasteiger partial charge in [0.1, 0.15) is 5.75 Å². The summed E-state index contributed by atoms with van der Waals surface area (Å²) in [4.78, 5) is 0. The van der Waals surface area contributed by atoms with Crippen molar-refractivity contribution in [1.29, 1.82) is 0 Å². The van der Waals surface area contributed by atoms with Crippen molar-refractivity contribution < 1.29 is 4.74 Å². The van der Waals surface area contributed by atoms with E-state index in [9.17, 15) is 0 Å². The van der Waals surface area contributed by atoms with E-state index in [0.717, 1.165) is 18.6 Å². The van der Waals surface area contributed by atoms with Crippen LogP contribution in [0, 0.1) is 0 Å². The fraction of sp³-hybridized carbons (Fsp3) is 0.429. The molecule has 86 valence electrons. The molecule has 0 bridgehead atoms. The van der Waals surface area contributed by atoms with Crippen LogP contribution in [-0.4, -0.2) is 12.6 Å². The van der Waals surface area contributed by atoms with Crippen LogP contribution >= 0.6 is 0 Å². The van der Waals surface area contributed by atoms with E-state index in [1.165, 1.54) is 16.7 Å². The largest absolute Gasteiger partial charge is 0.496 e. The van der Waals surface area contributed by atoms with Crippen LogP contribution in [0.3, 0.4) is 0 Å². The van der Waals surface area contributed by atoms with Gasteiger partial charge in [-0.1, -0.05) is 18.2 Å².